The van der Waals surface area contributed by atoms with Crippen LogP contribution in [0, 0.1) is 0 Å². The molecule has 0 radical (unpaired) electrons. The number of ether oxygens (including phenoxy) is 2. The third-order valence-corrected chi connectivity index (χ3v) is 5.84. The summed E-state index contributed by atoms with van der Waals surface area (Å²) in [7, 11) is 1.90. The first-order valence-corrected chi connectivity index (χ1v) is 11.5. The molecule has 0 saturated heterocycles. The van der Waals surface area contributed by atoms with Crippen molar-refractivity contribution in [2.45, 2.75) is 13.2 Å². The second-order valence-electron chi connectivity index (χ2n) is 7.48. The summed E-state index contributed by atoms with van der Waals surface area (Å²) < 4.78 is 12.9. The average Bonchev–Trinajstić information content (AvgIpc) is 2.88. The van der Waals surface area contributed by atoms with Gasteiger partial charge in [-0.3, -0.25) is 4.79 Å². The maximum absolute atomic E-state index is 11.2. The number of carbonyl (C=O) groups is 1. The van der Waals surface area contributed by atoms with Crippen LogP contribution in [0.25, 0.3) is 0 Å². The van der Waals surface area contributed by atoms with Crippen LogP contribution in [0.2, 0.25) is 0 Å². The molecule has 0 bridgehead atoms. The molecule has 1 heterocycles. The molecule has 4 aromatic rings. The van der Waals surface area contributed by atoms with E-state index >= 15 is 0 Å². The lowest BCUT2D eigenvalue weighted by molar-refractivity contribution is -0.105. The van der Waals surface area contributed by atoms with Crippen molar-refractivity contribution in [2.75, 3.05) is 17.3 Å². The highest BCUT2D eigenvalue weighted by atomic mass is 79.9. The molecule has 0 fully saturated rings. The zero-order valence-corrected chi connectivity index (χ0v) is 20.2. The Morgan fingerprint density at radius 1 is 0.824 bits per heavy atom. The first kappa shape index (κ1) is 23.3. The van der Waals surface area contributed by atoms with Crippen molar-refractivity contribution in [2.24, 2.45) is 0 Å². The number of halogens is 1. The Morgan fingerprint density at radius 2 is 1.47 bits per heavy atom. The fourth-order valence-electron chi connectivity index (χ4n) is 3.44. The molecule has 0 unspecified atom stereocenters. The van der Waals surface area contributed by atoms with Gasteiger partial charge in [0, 0.05) is 17.6 Å². The molecule has 7 heteroatoms. The van der Waals surface area contributed by atoms with E-state index in [2.05, 4.69) is 26.2 Å². The van der Waals surface area contributed by atoms with Crippen LogP contribution in [0.1, 0.15) is 11.1 Å². The van der Waals surface area contributed by atoms with Crippen LogP contribution in [0.5, 0.6) is 11.8 Å². The minimum absolute atomic E-state index is 0.356. The van der Waals surface area contributed by atoms with Crippen LogP contribution in [0.3, 0.4) is 0 Å². The van der Waals surface area contributed by atoms with E-state index in [1.54, 1.807) is 0 Å². The van der Waals surface area contributed by atoms with Crippen LogP contribution in [0.15, 0.2) is 95.5 Å². The smallest absolute Gasteiger partial charge is 0.241 e. The molecule has 1 aromatic heterocycles. The lowest BCUT2D eigenvalue weighted by Gasteiger charge is -2.25. The Balaban J connectivity index is 1.64. The highest BCUT2D eigenvalue weighted by Crippen LogP contribution is 2.39. The van der Waals surface area contributed by atoms with Gasteiger partial charge in [-0.1, -0.05) is 66.7 Å². The van der Waals surface area contributed by atoms with Crippen molar-refractivity contribution in [3.8, 4) is 11.8 Å². The molecule has 0 aliphatic heterocycles. The molecular weight excluding hydrogens is 494 g/mol. The van der Waals surface area contributed by atoms with Gasteiger partial charge >= 0.3 is 0 Å². The molecule has 0 atom stereocenters. The molecule has 0 aliphatic rings. The third-order valence-electron chi connectivity index (χ3n) is 5.18. The average molecular weight is 518 g/mol. The number of amides is 1. The number of hydrogen-bond donors (Lipinski definition) is 1. The van der Waals surface area contributed by atoms with E-state index in [9.17, 15) is 4.79 Å². The Hall–Kier alpha value is -3.84. The molecule has 4 rings (SSSR count). The molecule has 0 spiro atoms. The zero-order chi connectivity index (χ0) is 23.8. The summed E-state index contributed by atoms with van der Waals surface area (Å²) in [6.45, 7) is 0.759. The second-order valence-corrected chi connectivity index (χ2v) is 8.33. The van der Waals surface area contributed by atoms with Crippen molar-refractivity contribution >= 4 is 39.4 Å². The van der Waals surface area contributed by atoms with Gasteiger partial charge in [0.15, 0.2) is 0 Å². The van der Waals surface area contributed by atoms with E-state index in [0.717, 1.165) is 27.0 Å². The number of nitrogens with zero attached hydrogens (tertiary/aromatic N) is 2. The molecule has 0 saturated carbocycles. The lowest BCUT2D eigenvalue weighted by Crippen LogP contribution is -2.15. The van der Waals surface area contributed by atoms with Crippen LogP contribution in [0.4, 0.5) is 17.1 Å². The molecule has 1 amide bonds. The number of para-hydroxylation sites is 1. The topological polar surface area (TPSA) is 63.7 Å². The van der Waals surface area contributed by atoms with Gasteiger partial charge in [-0.05, 0) is 45.3 Å². The summed E-state index contributed by atoms with van der Waals surface area (Å²) in [6, 6.07) is 29.2. The highest BCUT2D eigenvalue weighted by Gasteiger charge is 2.18. The molecule has 34 heavy (non-hydrogen) atoms. The minimum atomic E-state index is 0.356. The normalized spacial score (nSPS) is 10.4. The summed E-state index contributed by atoms with van der Waals surface area (Å²) in [4.78, 5) is 17.8. The number of pyridine rings is 1. The number of hydrogen-bond acceptors (Lipinski definition) is 5. The van der Waals surface area contributed by atoms with E-state index in [1.807, 2.05) is 103 Å². The number of carbonyl (C=O) groups excluding carboxylic acids is 1. The predicted molar refractivity (Wildman–Crippen MR) is 138 cm³/mol. The van der Waals surface area contributed by atoms with Crippen LogP contribution in [-0.4, -0.2) is 18.4 Å². The first-order valence-electron chi connectivity index (χ1n) is 10.7. The van der Waals surface area contributed by atoms with E-state index in [0.29, 0.717) is 37.1 Å². The quantitative estimate of drug-likeness (QED) is 0.248. The summed E-state index contributed by atoms with van der Waals surface area (Å²) in [6.07, 6.45) is 0.656. The van der Waals surface area contributed by atoms with Gasteiger partial charge in [0.05, 0.1) is 11.4 Å². The van der Waals surface area contributed by atoms with E-state index in [1.165, 1.54) is 0 Å². The maximum Gasteiger partial charge on any atom is 0.241 e. The molecule has 1 N–H and O–H groups in total. The van der Waals surface area contributed by atoms with Crippen molar-refractivity contribution < 1.29 is 14.3 Å². The fourth-order valence-corrected chi connectivity index (χ4v) is 3.91. The van der Waals surface area contributed by atoms with Gasteiger partial charge in [0.2, 0.25) is 18.2 Å². The maximum atomic E-state index is 11.2. The van der Waals surface area contributed by atoms with Crippen LogP contribution in [-0.2, 0) is 18.0 Å². The number of anilines is 3. The van der Waals surface area contributed by atoms with Gasteiger partial charge in [0.1, 0.15) is 18.9 Å². The van der Waals surface area contributed by atoms with Crippen LogP contribution < -0.4 is 19.7 Å². The first-order chi connectivity index (χ1) is 16.7. The van der Waals surface area contributed by atoms with E-state index in [-0.39, 0.29) is 0 Å². The van der Waals surface area contributed by atoms with Crippen molar-refractivity contribution in [3.05, 3.63) is 107 Å². The number of aromatic nitrogens is 1. The third kappa shape index (κ3) is 5.74. The fraction of sp³-hybridized carbons (Fsp3) is 0.111. The van der Waals surface area contributed by atoms with Gasteiger partial charge in [-0.15, -0.1) is 0 Å². The summed E-state index contributed by atoms with van der Waals surface area (Å²) in [5.41, 5.74) is 4.24. The van der Waals surface area contributed by atoms with Gasteiger partial charge in [-0.25, -0.2) is 0 Å². The SMILES string of the molecule is CN(c1ccc(OCc2ccccc2)nc1OCc1ccccc1)c1cccc(Br)c1NC=O. The van der Waals surface area contributed by atoms with Gasteiger partial charge in [-0.2, -0.15) is 4.98 Å². The summed E-state index contributed by atoms with van der Waals surface area (Å²) in [5, 5.41) is 2.77. The van der Waals surface area contributed by atoms with Gasteiger partial charge in [0.25, 0.3) is 0 Å². The molecule has 172 valence electrons. The second kappa shape index (κ2) is 11.3. The van der Waals surface area contributed by atoms with Crippen LogP contribution >= 0.6 is 15.9 Å². The Bertz CT molecular complexity index is 1240. The molecule has 0 aliphatic carbocycles. The van der Waals surface area contributed by atoms with E-state index < -0.39 is 0 Å². The molecular formula is C27H24BrN3O3. The number of benzene rings is 3. The van der Waals surface area contributed by atoms with Gasteiger partial charge < -0.3 is 19.7 Å². The zero-order valence-electron chi connectivity index (χ0n) is 18.6. The Morgan fingerprint density at radius 3 is 2.12 bits per heavy atom. The lowest BCUT2D eigenvalue weighted by atomic mass is 10.2. The molecule has 6 nitrogen and oxygen atoms in total. The van der Waals surface area contributed by atoms with Crippen molar-refractivity contribution in [3.63, 3.8) is 0 Å². The van der Waals surface area contributed by atoms with E-state index in [4.69, 9.17) is 9.47 Å². The number of nitrogens with one attached hydrogen (secondary N) is 1. The highest BCUT2D eigenvalue weighted by molar-refractivity contribution is 9.10. The minimum Gasteiger partial charge on any atom is -0.473 e. The standard InChI is InChI=1S/C27H24BrN3O3/c1-31(23-14-8-13-22(28)26(23)29-19-32)24-15-16-25(33-17-20-9-4-2-5-10-20)30-27(24)34-18-21-11-6-3-7-12-21/h2-16,19H,17-18H2,1H3,(H,29,32). The number of rotatable bonds is 10. The summed E-state index contributed by atoms with van der Waals surface area (Å²) >= 11 is 3.51. The summed E-state index contributed by atoms with van der Waals surface area (Å²) in [5.74, 6) is 0.887. The molecule has 3 aromatic carbocycles. The Labute approximate surface area is 207 Å². The Kier molecular flexibility index (Phi) is 7.78. The predicted octanol–water partition coefficient (Wildman–Crippen LogP) is 6.34. The van der Waals surface area contributed by atoms with Crippen molar-refractivity contribution in [1.29, 1.82) is 0 Å². The largest absolute Gasteiger partial charge is 0.473 e. The monoisotopic (exact) mass is 517 g/mol. The van der Waals surface area contributed by atoms with Crippen molar-refractivity contribution in [1.82, 2.24) is 4.98 Å².